The maximum absolute atomic E-state index is 12.5. The average molecular weight is 307 g/mol. The molecule has 1 heterocycles. The first-order chi connectivity index (χ1) is 11.0. The van der Waals surface area contributed by atoms with Gasteiger partial charge in [-0.3, -0.25) is 4.79 Å². The first kappa shape index (κ1) is 15.3. The Hall–Kier alpha value is -2.55. The standard InChI is InChI=1S/C20H21NO2/c1-12-9-10-16(11-13(12)2)21-14(3)19-17(22)7-6-8-18(23-5)20(19)15(21)4/h6-11H,1-5H3. The molecule has 0 aliphatic rings. The van der Waals surface area contributed by atoms with Gasteiger partial charge in [0.25, 0.3) is 0 Å². The van der Waals surface area contributed by atoms with Gasteiger partial charge < -0.3 is 9.30 Å². The molecule has 0 amide bonds. The molecule has 0 aliphatic heterocycles. The summed E-state index contributed by atoms with van der Waals surface area (Å²) in [7, 11) is 1.64. The van der Waals surface area contributed by atoms with E-state index in [1.54, 1.807) is 19.2 Å². The van der Waals surface area contributed by atoms with Crippen molar-refractivity contribution in [2.45, 2.75) is 27.7 Å². The molecular weight excluding hydrogens is 286 g/mol. The highest BCUT2D eigenvalue weighted by molar-refractivity contribution is 5.93. The molecule has 0 bridgehead atoms. The molecule has 0 saturated carbocycles. The Morgan fingerprint density at radius 3 is 2.22 bits per heavy atom. The second kappa shape index (κ2) is 5.58. The molecule has 3 rings (SSSR count). The Morgan fingerprint density at radius 2 is 1.57 bits per heavy atom. The van der Waals surface area contributed by atoms with Crippen LogP contribution in [0.1, 0.15) is 22.5 Å². The summed E-state index contributed by atoms with van der Waals surface area (Å²) in [5, 5.41) is 1.61. The number of rotatable bonds is 2. The van der Waals surface area contributed by atoms with Gasteiger partial charge in [0, 0.05) is 22.5 Å². The SMILES string of the molecule is COc1cccc(=O)c2c(C)n(-c3ccc(C)c(C)c3)c(C)c12. The molecule has 23 heavy (non-hydrogen) atoms. The summed E-state index contributed by atoms with van der Waals surface area (Å²) >= 11 is 0. The predicted octanol–water partition coefficient (Wildman–Crippen LogP) is 4.23. The number of nitrogens with zero attached hydrogens (tertiary/aromatic N) is 1. The molecule has 0 N–H and O–H groups in total. The number of aryl methyl sites for hydroxylation is 4. The summed E-state index contributed by atoms with van der Waals surface area (Å²) in [5.74, 6) is 0.727. The van der Waals surface area contributed by atoms with Crippen molar-refractivity contribution in [3.05, 3.63) is 69.1 Å². The quantitative estimate of drug-likeness (QED) is 0.709. The van der Waals surface area contributed by atoms with Gasteiger partial charge in [-0.15, -0.1) is 0 Å². The van der Waals surface area contributed by atoms with Crippen LogP contribution in [0.2, 0.25) is 0 Å². The summed E-state index contributed by atoms with van der Waals surface area (Å²) in [6, 6.07) is 11.6. The van der Waals surface area contributed by atoms with Crippen LogP contribution in [0.4, 0.5) is 0 Å². The third kappa shape index (κ3) is 2.33. The predicted molar refractivity (Wildman–Crippen MR) is 95.0 cm³/mol. The molecule has 3 heteroatoms. The first-order valence-electron chi connectivity index (χ1n) is 7.72. The molecule has 0 unspecified atom stereocenters. The van der Waals surface area contributed by atoms with Gasteiger partial charge in [-0.25, -0.2) is 0 Å². The zero-order chi connectivity index (χ0) is 16.7. The highest BCUT2D eigenvalue weighted by atomic mass is 16.5. The van der Waals surface area contributed by atoms with E-state index in [0.29, 0.717) is 0 Å². The Morgan fingerprint density at radius 1 is 0.870 bits per heavy atom. The molecule has 2 aromatic carbocycles. The minimum Gasteiger partial charge on any atom is -0.496 e. The fraction of sp³-hybridized carbons (Fsp3) is 0.250. The van der Waals surface area contributed by atoms with Gasteiger partial charge in [0.05, 0.1) is 12.5 Å². The van der Waals surface area contributed by atoms with Crippen molar-refractivity contribution in [1.29, 1.82) is 0 Å². The molecule has 0 atom stereocenters. The van der Waals surface area contributed by atoms with Crippen LogP contribution in [0, 0.1) is 27.7 Å². The third-order valence-electron chi connectivity index (χ3n) is 4.60. The summed E-state index contributed by atoms with van der Waals surface area (Å²) < 4.78 is 7.66. The van der Waals surface area contributed by atoms with Crippen molar-refractivity contribution in [1.82, 2.24) is 4.57 Å². The Kier molecular flexibility index (Phi) is 3.72. The summed E-state index contributed by atoms with van der Waals surface area (Å²) in [4.78, 5) is 12.5. The molecule has 3 aromatic rings. The normalized spacial score (nSPS) is 11.0. The van der Waals surface area contributed by atoms with Crippen LogP contribution in [0.5, 0.6) is 5.75 Å². The fourth-order valence-corrected chi connectivity index (χ4v) is 3.25. The van der Waals surface area contributed by atoms with Gasteiger partial charge in [-0.2, -0.15) is 0 Å². The van der Waals surface area contributed by atoms with E-state index >= 15 is 0 Å². The largest absolute Gasteiger partial charge is 0.496 e. The third-order valence-corrected chi connectivity index (χ3v) is 4.60. The molecular formula is C20H21NO2. The number of hydrogen-bond acceptors (Lipinski definition) is 2. The van der Waals surface area contributed by atoms with Crippen LogP contribution in [0.15, 0.2) is 41.2 Å². The van der Waals surface area contributed by atoms with E-state index in [9.17, 15) is 4.79 Å². The van der Waals surface area contributed by atoms with Crippen molar-refractivity contribution in [3.63, 3.8) is 0 Å². The van der Waals surface area contributed by atoms with E-state index in [4.69, 9.17) is 4.74 Å². The molecule has 0 radical (unpaired) electrons. The lowest BCUT2D eigenvalue weighted by molar-refractivity contribution is 0.420. The van der Waals surface area contributed by atoms with Crippen molar-refractivity contribution in [3.8, 4) is 11.4 Å². The number of hydrogen-bond donors (Lipinski definition) is 0. The van der Waals surface area contributed by atoms with Gasteiger partial charge in [-0.05, 0) is 63.1 Å². The topological polar surface area (TPSA) is 31.2 Å². The molecule has 1 aromatic heterocycles. The van der Waals surface area contributed by atoms with Crippen molar-refractivity contribution in [2.75, 3.05) is 7.11 Å². The highest BCUT2D eigenvalue weighted by Gasteiger charge is 2.17. The molecule has 118 valence electrons. The minimum absolute atomic E-state index is 0.0199. The average Bonchev–Trinajstić information content (AvgIpc) is 2.67. The van der Waals surface area contributed by atoms with Crippen LogP contribution < -0.4 is 10.2 Å². The Balaban J connectivity index is 2.47. The van der Waals surface area contributed by atoms with Crippen LogP contribution in [0.25, 0.3) is 16.5 Å². The zero-order valence-electron chi connectivity index (χ0n) is 14.2. The van der Waals surface area contributed by atoms with Gasteiger partial charge in [0.15, 0.2) is 5.43 Å². The van der Waals surface area contributed by atoms with Crippen molar-refractivity contribution >= 4 is 10.8 Å². The Bertz CT molecular complexity index is 968. The summed E-state index contributed by atoms with van der Waals surface area (Å²) in [6.45, 7) is 8.23. The van der Waals surface area contributed by atoms with Gasteiger partial charge >= 0.3 is 0 Å². The van der Waals surface area contributed by atoms with Crippen LogP contribution in [-0.2, 0) is 0 Å². The number of aromatic nitrogens is 1. The van der Waals surface area contributed by atoms with Gasteiger partial charge in [-0.1, -0.05) is 12.1 Å². The first-order valence-corrected chi connectivity index (χ1v) is 7.72. The smallest absolute Gasteiger partial charge is 0.188 e. The molecule has 3 nitrogen and oxygen atoms in total. The van der Waals surface area contributed by atoms with Crippen LogP contribution in [-0.4, -0.2) is 11.7 Å². The van der Waals surface area contributed by atoms with Crippen molar-refractivity contribution < 1.29 is 4.74 Å². The highest BCUT2D eigenvalue weighted by Crippen LogP contribution is 2.32. The maximum Gasteiger partial charge on any atom is 0.188 e. The van der Waals surface area contributed by atoms with E-state index in [1.165, 1.54) is 11.1 Å². The van der Waals surface area contributed by atoms with E-state index < -0.39 is 0 Å². The summed E-state index contributed by atoms with van der Waals surface area (Å²) in [5.41, 5.74) is 5.55. The second-order valence-electron chi connectivity index (χ2n) is 5.98. The molecule has 0 saturated heterocycles. The summed E-state index contributed by atoms with van der Waals surface area (Å²) in [6.07, 6.45) is 0. The monoisotopic (exact) mass is 307 g/mol. The molecule has 0 aliphatic carbocycles. The second-order valence-corrected chi connectivity index (χ2v) is 5.98. The molecule has 0 spiro atoms. The number of benzene rings is 1. The van der Waals surface area contributed by atoms with E-state index in [-0.39, 0.29) is 5.43 Å². The number of fused-ring (bicyclic) bond motifs is 1. The van der Waals surface area contributed by atoms with Gasteiger partial charge in [0.1, 0.15) is 5.75 Å². The lowest BCUT2D eigenvalue weighted by Gasteiger charge is -2.11. The van der Waals surface area contributed by atoms with E-state index in [2.05, 4.69) is 36.6 Å². The maximum atomic E-state index is 12.5. The van der Waals surface area contributed by atoms with Crippen LogP contribution >= 0.6 is 0 Å². The minimum atomic E-state index is 0.0199. The zero-order valence-corrected chi connectivity index (χ0v) is 14.2. The van der Waals surface area contributed by atoms with E-state index in [0.717, 1.165) is 33.6 Å². The lowest BCUT2D eigenvalue weighted by Crippen LogP contribution is -2.01. The van der Waals surface area contributed by atoms with Gasteiger partial charge in [0.2, 0.25) is 0 Å². The van der Waals surface area contributed by atoms with Crippen molar-refractivity contribution in [2.24, 2.45) is 0 Å². The fourth-order valence-electron chi connectivity index (χ4n) is 3.25. The van der Waals surface area contributed by atoms with Crippen LogP contribution in [0.3, 0.4) is 0 Å². The van der Waals surface area contributed by atoms with E-state index in [1.807, 2.05) is 19.9 Å². The Labute approximate surface area is 136 Å². The number of ether oxygens (including phenoxy) is 1. The molecule has 0 fully saturated rings. The lowest BCUT2D eigenvalue weighted by atomic mass is 10.1. The number of methoxy groups -OCH3 is 1.